The fourth-order valence-electron chi connectivity index (χ4n) is 4.46. The normalized spacial score (nSPS) is 26.8. The van der Waals surface area contributed by atoms with Crippen LogP contribution >= 0.6 is 0 Å². The maximum Gasteiger partial charge on any atom is 0.410 e. The van der Waals surface area contributed by atoms with E-state index in [4.69, 9.17) is 11.3 Å². The molecule has 0 radical (unpaired) electrons. The van der Waals surface area contributed by atoms with Gasteiger partial charge in [0.25, 0.3) is 0 Å². The second-order valence-electron chi connectivity index (χ2n) is 9.36. The fraction of sp³-hybridized carbons (Fsp3) is 0.458. The molecule has 0 saturated heterocycles. The van der Waals surface area contributed by atoms with E-state index in [0.29, 0.717) is 19.5 Å². The third-order valence-corrected chi connectivity index (χ3v) is 5.61. The Morgan fingerprint density at radius 3 is 2.48 bits per heavy atom. The van der Waals surface area contributed by atoms with Crippen LogP contribution in [0.3, 0.4) is 0 Å². The van der Waals surface area contributed by atoms with Crippen molar-refractivity contribution >= 4 is 11.9 Å². The number of nitrogens with zero attached hydrogens (tertiary/aromatic N) is 2. The zero-order chi connectivity index (χ0) is 21.4. The number of allylic oxidation sites excluding steroid dienone is 1. The van der Waals surface area contributed by atoms with Crippen LogP contribution in [0, 0.1) is 17.4 Å². The van der Waals surface area contributed by atoms with E-state index in [0.717, 1.165) is 11.1 Å². The molecule has 1 aromatic rings. The molecule has 5 nitrogen and oxygen atoms in total. The Hall–Kier alpha value is -2.87. The number of hydrogen-bond donors (Lipinski definition) is 0. The van der Waals surface area contributed by atoms with Crippen LogP contribution in [0.5, 0.6) is 0 Å². The summed E-state index contributed by atoms with van der Waals surface area (Å²) in [7, 11) is 0. The molecule has 5 heteroatoms. The van der Waals surface area contributed by atoms with E-state index in [9.17, 15) is 9.59 Å². The van der Waals surface area contributed by atoms with Gasteiger partial charge in [-0.1, -0.05) is 49.4 Å². The molecule has 0 spiro atoms. The Labute approximate surface area is 172 Å². The molecular formula is C24H28N2O3. The van der Waals surface area contributed by atoms with Crippen molar-refractivity contribution < 1.29 is 14.3 Å². The highest BCUT2D eigenvalue weighted by Crippen LogP contribution is 2.51. The maximum atomic E-state index is 13.3. The smallest absolute Gasteiger partial charge is 0.410 e. The second kappa shape index (κ2) is 7.18. The topological polar surface area (TPSA) is 51.0 Å². The molecule has 1 aromatic carbocycles. The monoisotopic (exact) mass is 392 g/mol. The molecule has 0 bridgehead atoms. The van der Waals surface area contributed by atoms with Gasteiger partial charge in [0.2, 0.25) is 5.70 Å². The Bertz CT molecular complexity index is 933. The van der Waals surface area contributed by atoms with Crippen LogP contribution < -0.4 is 0 Å². The summed E-state index contributed by atoms with van der Waals surface area (Å²) < 4.78 is 5.53. The number of amides is 1. The highest BCUT2D eigenvalue weighted by Gasteiger charge is 2.52. The average molecular weight is 392 g/mol. The zero-order valence-electron chi connectivity index (χ0n) is 17.8. The first-order chi connectivity index (χ1) is 13.5. The van der Waals surface area contributed by atoms with Gasteiger partial charge < -0.3 is 14.4 Å². The van der Waals surface area contributed by atoms with Gasteiger partial charge in [0, 0.05) is 23.9 Å². The van der Waals surface area contributed by atoms with Crippen LogP contribution in [-0.4, -0.2) is 35.5 Å². The van der Waals surface area contributed by atoms with E-state index < -0.39 is 16.4 Å². The molecule has 1 heterocycles. The standard InChI is InChI=1S/C24H28N2O3/c1-22(2,3)29-21(28)26-13-12-19-23(4,16-26)15-18(25-6)20(27)24(19,5)14-17-10-8-7-9-11-17/h7-12,15H,13-14,16H2,1-5H3/t23-,24+/m0/s1. The quantitative estimate of drug-likeness (QED) is 0.536. The van der Waals surface area contributed by atoms with Crippen molar-refractivity contribution in [3.8, 4) is 0 Å². The summed E-state index contributed by atoms with van der Waals surface area (Å²) in [5.41, 5.74) is 0.189. The van der Waals surface area contributed by atoms with Gasteiger partial charge in [0.15, 0.2) is 5.78 Å². The van der Waals surface area contributed by atoms with Gasteiger partial charge in [-0.3, -0.25) is 0 Å². The van der Waals surface area contributed by atoms with Crippen LogP contribution in [0.15, 0.2) is 53.8 Å². The maximum absolute atomic E-state index is 13.3. The molecular weight excluding hydrogens is 364 g/mol. The number of rotatable bonds is 2. The minimum Gasteiger partial charge on any atom is -0.444 e. The number of hydrogen-bond acceptors (Lipinski definition) is 3. The minimum atomic E-state index is -0.815. The van der Waals surface area contributed by atoms with Crippen molar-refractivity contribution in [3.05, 3.63) is 70.7 Å². The first-order valence-electron chi connectivity index (χ1n) is 9.87. The van der Waals surface area contributed by atoms with Crippen LogP contribution in [0.1, 0.15) is 40.2 Å². The summed E-state index contributed by atoms with van der Waals surface area (Å²) in [6.45, 7) is 17.7. The third kappa shape index (κ3) is 3.98. The third-order valence-electron chi connectivity index (χ3n) is 5.61. The van der Waals surface area contributed by atoms with Crippen molar-refractivity contribution in [1.82, 2.24) is 4.90 Å². The van der Waals surface area contributed by atoms with Crippen molar-refractivity contribution in [2.45, 2.75) is 46.6 Å². The predicted molar refractivity (Wildman–Crippen MR) is 112 cm³/mol. The van der Waals surface area contributed by atoms with Crippen molar-refractivity contribution in [2.24, 2.45) is 10.8 Å². The van der Waals surface area contributed by atoms with E-state index >= 15 is 0 Å². The van der Waals surface area contributed by atoms with E-state index in [1.807, 2.05) is 71.0 Å². The van der Waals surface area contributed by atoms with Gasteiger partial charge >= 0.3 is 6.09 Å². The highest BCUT2D eigenvalue weighted by molar-refractivity contribution is 6.05. The molecule has 1 amide bonds. The predicted octanol–water partition coefficient (Wildman–Crippen LogP) is 4.80. The molecule has 1 aliphatic carbocycles. The van der Waals surface area contributed by atoms with Crippen molar-refractivity contribution in [1.29, 1.82) is 0 Å². The van der Waals surface area contributed by atoms with Crippen molar-refractivity contribution in [2.75, 3.05) is 13.1 Å². The number of ether oxygens (including phenoxy) is 1. The number of fused-ring (bicyclic) bond motifs is 1. The molecule has 0 fully saturated rings. The lowest BCUT2D eigenvalue weighted by Gasteiger charge is -2.49. The number of carbonyl (C=O) groups is 2. The molecule has 1 aliphatic heterocycles. The lowest BCUT2D eigenvalue weighted by atomic mass is 9.58. The van der Waals surface area contributed by atoms with Gasteiger partial charge in [0.1, 0.15) is 5.60 Å². The lowest BCUT2D eigenvalue weighted by molar-refractivity contribution is -0.123. The van der Waals surface area contributed by atoms with E-state index in [1.54, 1.807) is 11.0 Å². The zero-order valence-corrected chi connectivity index (χ0v) is 17.8. The summed E-state index contributed by atoms with van der Waals surface area (Å²) in [6, 6.07) is 9.86. The van der Waals surface area contributed by atoms with Gasteiger partial charge in [-0.2, -0.15) is 0 Å². The largest absolute Gasteiger partial charge is 0.444 e. The Kier molecular flexibility index (Phi) is 5.17. The molecule has 0 saturated carbocycles. The number of Topliss-reactive ketones (excluding diaryl/α,β-unsaturated/α-hetero) is 1. The second-order valence-corrected chi connectivity index (χ2v) is 9.36. The van der Waals surface area contributed by atoms with E-state index in [-0.39, 0.29) is 17.6 Å². The summed E-state index contributed by atoms with van der Waals surface area (Å²) in [4.78, 5) is 31.1. The Morgan fingerprint density at radius 1 is 1.24 bits per heavy atom. The molecule has 3 rings (SSSR count). The summed E-state index contributed by atoms with van der Waals surface area (Å²) in [5.74, 6) is -0.147. The summed E-state index contributed by atoms with van der Waals surface area (Å²) in [6.07, 6.45) is 3.85. The SMILES string of the molecule is [C-]#[N+]C1=C[C@@]2(C)CN(C(=O)OC(C)(C)C)CC=C2[C@@](C)(Cc2ccccc2)C1=O. The van der Waals surface area contributed by atoms with Gasteiger partial charge in [0.05, 0.1) is 6.57 Å². The fourth-order valence-corrected chi connectivity index (χ4v) is 4.46. The average Bonchev–Trinajstić information content (AvgIpc) is 2.64. The van der Waals surface area contributed by atoms with E-state index in [1.165, 1.54) is 0 Å². The van der Waals surface area contributed by atoms with Crippen LogP contribution in [0.25, 0.3) is 4.85 Å². The van der Waals surface area contributed by atoms with E-state index in [2.05, 4.69) is 4.85 Å². The molecule has 0 N–H and O–H groups in total. The van der Waals surface area contributed by atoms with Crippen LogP contribution in [0.4, 0.5) is 4.79 Å². The minimum absolute atomic E-state index is 0.147. The number of carbonyl (C=O) groups excluding carboxylic acids is 2. The van der Waals surface area contributed by atoms with Gasteiger partial charge in [-0.25, -0.2) is 9.64 Å². The Balaban J connectivity index is 2.01. The first kappa shape index (κ1) is 20.9. The number of benzene rings is 1. The molecule has 29 heavy (non-hydrogen) atoms. The molecule has 0 unspecified atom stereocenters. The molecule has 2 atom stereocenters. The van der Waals surface area contributed by atoms with Crippen LogP contribution in [-0.2, 0) is 16.0 Å². The highest BCUT2D eigenvalue weighted by atomic mass is 16.6. The van der Waals surface area contributed by atoms with Gasteiger partial charge in [-0.15, -0.1) is 0 Å². The van der Waals surface area contributed by atoms with Gasteiger partial charge in [-0.05, 0) is 45.3 Å². The summed E-state index contributed by atoms with van der Waals surface area (Å²) in [5, 5.41) is 0. The summed E-state index contributed by atoms with van der Waals surface area (Å²) >= 11 is 0. The Morgan fingerprint density at radius 2 is 1.90 bits per heavy atom. The lowest BCUT2D eigenvalue weighted by Crippen LogP contribution is -2.52. The molecule has 152 valence electrons. The van der Waals surface area contributed by atoms with Crippen LogP contribution in [0.2, 0.25) is 0 Å². The molecule has 2 aliphatic rings. The first-order valence-corrected chi connectivity index (χ1v) is 9.87. The molecule has 0 aromatic heterocycles. The number of ketones is 1. The van der Waals surface area contributed by atoms with Crippen molar-refractivity contribution in [3.63, 3.8) is 0 Å².